The maximum absolute atomic E-state index is 12.1. The van der Waals surface area contributed by atoms with Gasteiger partial charge in [0.05, 0.1) is 4.90 Å². The molecule has 0 bridgehead atoms. The lowest BCUT2D eigenvalue weighted by molar-refractivity contribution is 0.601. The number of aryl methyl sites for hydroxylation is 1. The number of rotatable bonds is 4. The zero-order chi connectivity index (χ0) is 13.9. The molecule has 8 heteroatoms. The van der Waals surface area contributed by atoms with Crippen molar-refractivity contribution in [2.24, 2.45) is 5.84 Å². The molecule has 0 unspecified atom stereocenters. The first-order valence-electron chi connectivity index (χ1n) is 5.40. The Morgan fingerprint density at radius 2 is 2.00 bits per heavy atom. The second-order valence-corrected chi connectivity index (χ2v) is 5.47. The number of hydrazine groups is 1. The molecule has 0 amide bonds. The number of nitrogen functional groups attached to an aromatic ring is 1. The van der Waals surface area contributed by atoms with E-state index in [-0.39, 0.29) is 16.5 Å². The normalized spacial score (nSPS) is 11.1. The van der Waals surface area contributed by atoms with E-state index < -0.39 is 10.0 Å². The molecule has 2 rings (SSSR count). The van der Waals surface area contributed by atoms with Crippen LogP contribution in [0.4, 0.5) is 11.6 Å². The predicted molar refractivity (Wildman–Crippen MR) is 71.8 cm³/mol. The number of nitrogens with one attached hydrogen (secondary N) is 2. The number of hydrogen-bond donors (Lipinski definition) is 3. The molecule has 0 aliphatic carbocycles. The fourth-order valence-electron chi connectivity index (χ4n) is 1.45. The summed E-state index contributed by atoms with van der Waals surface area (Å²) in [6.45, 7) is 1.78. The van der Waals surface area contributed by atoms with Gasteiger partial charge in [-0.25, -0.2) is 24.2 Å². The summed E-state index contributed by atoms with van der Waals surface area (Å²) in [7, 11) is -3.71. The van der Waals surface area contributed by atoms with E-state index in [1.165, 1.54) is 18.3 Å². The molecule has 0 radical (unpaired) electrons. The summed E-state index contributed by atoms with van der Waals surface area (Å²) in [5, 5.41) is 0. The van der Waals surface area contributed by atoms with Crippen LogP contribution in [0.1, 0.15) is 5.69 Å². The molecule has 0 fully saturated rings. The summed E-state index contributed by atoms with van der Waals surface area (Å²) in [4.78, 5) is 7.98. The molecule has 0 aromatic carbocycles. The highest BCUT2D eigenvalue weighted by Crippen LogP contribution is 2.16. The maximum Gasteiger partial charge on any atom is 0.263 e. The quantitative estimate of drug-likeness (QED) is 0.566. The van der Waals surface area contributed by atoms with Crippen LogP contribution in [-0.2, 0) is 10.0 Å². The molecule has 0 saturated heterocycles. The summed E-state index contributed by atoms with van der Waals surface area (Å²) >= 11 is 0. The average molecular weight is 279 g/mol. The maximum atomic E-state index is 12.1. The number of hydrogen-bond acceptors (Lipinski definition) is 6. The van der Waals surface area contributed by atoms with Gasteiger partial charge in [-0.1, -0.05) is 6.07 Å². The van der Waals surface area contributed by atoms with E-state index >= 15 is 0 Å². The van der Waals surface area contributed by atoms with Gasteiger partial charge in [-0.2, -0.15) is 0 Å². The Morgan fingerprint density at radius 3 is 2.68 bits per heavy atom. The number of nitrogens with two attached hydrogens (primary N) is 1. The minimum Gasteiger partial charge on any atom is -0.308 e. The Kier molecular flexibility index (Phi) is 3.63. The Morgan fingerprint density at radius 1 is 1.21 bits per heavy atom. The first-order chi connectivity index (χ1) is 9.01. The number of anilines is 2. The standard InChI is InChI=1S/C11H13N5O2S/c1-8-3-2-4-10(14-8)16-19(17,18)9-5-6-13-11(7-9)15-12/h2-7H,12H2,1H3,(H,13,15)(H,14,16). The van der Waals surface area contributed by atoms with Crippen molar-refractivity contribution >= 4 is 21.7 Å². The lowest BCUT2D eigenvalue weighted by Gasteiger charge is -2.08. The van der Waals surface area contributed by atoms with Crippen LogP contribution in [0.25, 0.3) is 0 Å². The first-order valence-corrected chi connectivity index (χ1v) is 6.89. The molecule has 4 N–H and O–H groups in total. The van der Waals surface area contributed by atoms with Gasteiger partial charge in [0.25, 0.3) is 10.0 Å². The Bertz CT molecular complexity index is 687. The Hall–Kier alpha value is -2.19. The molecule has 0 atom stereocenters. The molecule has 19 heavy (non-hydrogen) atoms. The summed E-state index contributed by atoms with van der Waals surface area (Å²) in [5.74, 6) is 5.72. The predicted octanol–water partition coefficient (Wildman–Crippen LogP) is 0.871. The van der Waals surface area contributed by atoms with Crippen LogP contribution >= 0.6 is 0 Å². The third-order valence-corrected chi connectivity index (χ3v) is 3.67. The highest BCUT2D eigenvalue weighted by Gasteiger charge is 2.15. The minimum atomic E-state index is -3.71. The summed E-state index contributed by atoms with van der Waals surface area (Å²) < 4.78 is 26.7. The van der Waals surface area contributed by atoms with Crippen molar-refractivity contribution < 1.29 is 8.42 Å². The summed E-state index contributed by atoms with van der Waals surface area (Å²) in [5.41, 5.74) is 3.01. The smallest absolute Gasteiger partial charge is 0.263 e. The molecule has 2 aromatic rings. The third-order valence-electron chi connectivity index (χ3n) is 2.32. The van der Waals surface area contributed by atoms with Crippen molar-refractivity contribution in [3.05, 3.63) is 42.2 Å². The van der Waals surface area contributed by atoms with Crippen molar-refractivity contribution in [2.75, 3.05) is 10.1 Å². The van der Waals surface area contributed by atoms with E-state index in [4.69, 9.17) is 5.84 Å². The van der Waals surface area contributed by atoms with Gasteiger partial charge in [0.2, 0.25) is 0 Å². The van der Waals surface area contributed by atoms with Gasteiger partial charge in [0.15, 0.2) is 0 Å². The van der Waals surface area contributed by atoms with E-state index in [0.29, 0.717) is 0 Å². The lowest BCUT2D eigenvalue weighted by Crippen LogP contribution is -2.15. The summed E-state index contributed by atoms with van der Waals surface area (Å²) in [6, 6.07) is 7.78. The fourth-order valence-corrected chi connectivity index (χ4v) is 2.47. The number of nitrogens with zero attached hydrogens (tertiary/aromatic N) is 2. The van der Waals surface area contributed by atoms with Crippen molar-refractivity contribution in [1.82, 2.24) is 9.97 Å². The molecular formula is C11H13N5O2S. The van der Waals surface area contributed by atoms with Crippen LogP contribution in [0.3, 0.4) is 0 Å². The topological polar surface area (TPSA) is 110 Å². The monoisotopic (exact) mass is 279 g/mol. The summed E-state index contributed by atoms with van der Waals surface area (Å²) in [6.07, 6.45) is 1.35. The fraction of sp³-hybridized carbons (Fsp3) is 0.0909. The van der Waals surface area contributed by atoms with Crippen LogP contribution in [0, 0.1) is 6.92 Å². The number of aromatic nitrogens is 2. The number of sulfonamides is 1. The largest absolute Gasteiger partial charge is 0.308 e. The number of pyridine rings is 2. The van der Waals surface area contributed by atoms with Crippen LogP contribution in [0.15, 0.2) is 41.4 Å². The van der Waals surface area contributed by atoms with Crippen molar-refractivity contribution in [2.45, 2.75) is 11.8 Å². The van der Waals surface area contributed by atoms with Gasteiger partial charge in [-0.05, 0) is 25.1 Å². The first kappa shape index (κ1) is 13.2. The Balaban J connectivity index is 2.32. The molecule has 7 nitrogen and oxygen atoms in total. The molecule has 0 aliphatic heterocycles. The van der Waals surface area contributed by atoms with E-state index in [1.54, 1.807) is 25.1 Å². The highest BCUT2D eigenvalue weighted by molar-refractivity contribution is 7.92. The average Bonchev–Trinajstić information content (AvgIpc) is 2.38. The Labute approximate surface area is 110 Å². The molecule has 2 heterocycles. The molecule has 0 saturated carbocycles. The minimum absolute atomic E-state index is 0.0544. The molecule has 100 valence electrons. The van der Waals surface area contributed by atoms with Gasteiger partial charge in [-0.3, -0.25) is 4.72 Å². The van der Waals surface area contributed by atoms with E-state index in [2.05, 4.69) is 20.1 Å². The molecule has 0 spiro atoms. The molecule has 2 aromatic heterocycles. The van der Waals surface area contributed by atoms with E-state index in [1.807, 2.05) is 0 Å². The second kappa shape index (κ2) is 5.21. The molecule has 0 aliphatic rings. The second-order valence-electron chi connectivity index (χ2n) is 3.79. The van der Waals surface area contributed by atoms with Gasteiger partial charge >= 0.3 is 0 Å². The van der Waals surface area contributed by atoms with Gasteiger partial charge in [-0.15, -0.1) is 0 Å². The third kappa shape index (κ3) is 3.18. The molecular weight excluding hydrogens is 266 g/mol. The van der Waals surface area contributed by atoms with Crippen molar-refractivity contribution in [3.63, 3.8) is 0 Å². The van der Waals surface area contributed by atoms with Crippen LogP contribution in [0.2, 0.25) is 0 Å². The van der Waals surface area contributed by atoms with Crippen LogP contribution in [-0.4, -0.2) is 18.4 Å². The van der Waals surface area contributed by atoms with Crippen LogP contribution < -0.4 is 16.0 Å². The zero-order valence-corrected chi connectivity index (χ0v) is 11.0. The van der Waals surface area contributed by atoms with Crippen LogP contribution in [0.5, 0.6) is 0 Å². The van der Waals surface area contributed by atoms with Gasteiger partial charge in [0, 0.05) is 18.0 Å². The SMILES string of the molecule is Cc1cccc(NS(=O)(=O)c2ccnc(NN)c2)n1. The van der Waals surface area contributed by atoms with E-state index in [0.717, 1.165) is 5.69 Å². The van der Waals surface area contributed by atoms with E-state index in [9.17, 15) is 8.42 Å². The van der Waals surface area contributed by atoms with Crippen molar-refractivity contribution in [3.8, 4) is 0 Å². The van der Waals surface area contributed by atoms with Crippen molar-refractivity contribution in [1.29, 1.82) is 0 Å². The highest BCUT2D eigenvalue weighted by atomic mass is 32.2. The van der Waals surface area contributed by atoms with Gasteiger partial charge < -0.3 is 5.43 Å². The zero-order valence-electron chi connectivity index (χ0n) is 10.2. The van der Waals surface area contributed by atoms with Gasteiger partial charge in [0.1, 0.15) is 11.6 Å². The lowest BCUT2D eigenvalue weighted by atomic mass is 10.4.